The van der Waals surface area contributed by atoms with E-state index in [0.29, 0.717) is 25.9 Å². The Morgan fingerprint density at radius 1 is 1.11 bits per heavy atom. The van der Waals surface area contributed by atoms with Crippen molar-refractivity contribution in [3.8, 4) is 5.75 Å². The number of hydrogen-bond acceptors (Lipinski definition) is 4. The van der Waals surface area contributed by atoms with Gasteiger partial charge in [0.05, 0.1) is 21.7 Å². The Morgan fingerprint density at radius 3 is 2.37 bits per heavy atom. The molecule has 2 aromatic carbocycles. The highest BCUT2D eigenvalue weighted by molar-refractivity contribution is 9.11. The minimum atomic E-state index is -0.542. The van der Waals surface area contributed by atoms with E-state index in [1.807, 2.05) is 6.07 Å². The quantitative estimate of drug-likeness (QED) is 0.325. The smallest absolute Gasteiger partial charge is 0.270 e. The minimum absolute atomic E-state index is 0.0208. The molecule has 0 bridgehead atoms. The van der Waals surface area contributed by atoms with Gasteiger partial charge in [0, 0.05) is 4.47 Å². The summed E-state index contributed by atoms with van der Waals surface area (Å²) < 4.78 is 7.44. The predicted octanol–water partition coefficient (Wildman–Crippen LogP) is 4.81. The molecule has 2 aromatic rings. The molecule has 0 atom stereocenters. The number of nitrogens with zero attached hydrogens (tertiary/aromatic N) is 1. The molecule has 0 saturated carbocycles. The fraction of sp³-hybridized carbons (Fsp3) is 0.0556. The number of anilines is 1. The van der Waals surface area contributed by atoms with Crippen molar-refractivity contribution in [2.24, 2.45) is 0 Å². The Kier molecular flexibility index (Phi) is 6.15. The minimum Gasteiger partial charge on any atom is -0.494 e. The summed E-state index contributed by atoms with van der Waals surface area (Å²) in [5.41, 5.74) is 1.19. The van der Waals surface area contributed by atoms with E-state index >= 15 is 0 Å². The molecule has 0 radical (unpaired) electrons. The van der Waals surface area contributed by atoms with Crippen molar-refractivity contribution < 1.29 is 14.3 Å². The molecule has 1 saturated heterocycles. The van der Waals surface area contributed by atoms with Crippen LogP contribution < -0.4 is 15.0 Å². The Labute approximate surface area is 186 Å². The Balaban J connectivity index is 2.04. The molecule has 1 aliphatic heterocycles. The summed E-state index contributed by atoms with van der Waals surface area (Å²) in [6.45, 7) is 0. The lowest BCUT2D eigenvalue weighted by Crippen LogP contribution is -2.54. The zero-order valence-corrected chi connectivity index (χ0v) is 19.3. The zero-order chi connectivity index (χ0) is 19.7. The number of ether oxygens (including phenoxy) is 1. The summed E-state index contributed by atoms with van der Waals surface area (Å²) in [6.07, 6.45) is 1.51. The van der Waals surface area contributed by atoms with Gasteiger partial charge in [-0.05, 0) is 86.0 Å². The summed E-state index contributed by atoms with van der Waals surface area (Å²) >= 11 is 15.4. The summed E-state index contributed by atoms with van der Waals surface area (Å²) in [7, 11) is 1.55. The van der Waals surface area contributed by atoms with Crippen LogP contribution in [0.25, 0.3) is 6.08 Å². The van der Waals surface area contributed by atoms with E-state index in [0.717, 1.165) is 4.47 Å². The summed E-state index contributed by atoms with van der Waals surface area (Å²) in [6, 6.07) is 10.6. The summed E-state index contributed by atoms with van der Waals surface area (Å²) in [4.78, 5) is 26.7. The second-order valence-corrected chi connectivity index (χ2v) is 8.47. The normalized spacial score (nSPS) is 15.9. The molecule has 1 aliphatic rings. The van der Waals surface area contributed by atoms with E-state index in [9.17, 15) is 9.59 Å². The molecular formula is C18H11Br3N2O3S. The van der Waals surface area contributed by atoms with E-state index in [-0.39, 0.29) is 10.7 Å². The molecule has 0 aliphatic carbocycles. The lowest BCUT2D eigenvalue weighted by molar-refractivity contribution is -0.122. The first-order chi connectivity index (χ1) is 12.8. The molecule has 138 valence electrons. The molecule has 2 amide bonds. The number of rotatable bonds is 3. The first kappa shape index (κ1) is 20.2. The van der Waals surface area contributed by atoms with Crippen LogP contribution in [0.3, 0.4) is 0 Å². The first-order valence-electron chi connectivity index (χ1n) is 7.52. The lowest BCUT2D eigenvalue weighted by Gasteiger charge is -2.29. The van der Waals surface area contributed by atoms with Gasteiger partial charge in [0.25, 0.3) is 11.8 Å². The second kappa shape index (κ2) is 8.22. The van der Waals surface area contributed by atoms with Gasteiger partial charge in [0.2, 0.25) is 0 Å². The van der Waals surface area contributed by atoms with Gasteiger partial charge in [0.15, 0.2) is 5.11 Å². The molecule has 1 N–H and O–H groups in total. The van der Waals surface area contributed by atoms with Crippen LogP contribution in [0.1, 0.15) is 5.56 Å². The third-order valence-corrected chi connectivity index (χ3v) is 5.66. The van der Waals surface area contributed by atoms with E-state index < -0.39 is 11.8 Å². The number of benzene rings is 2. The van der Waals surface area contributed by atoms with Gasteiger partial charge < -0.3 is 4.74 Å². The van der Waals surface area contributed by atoms with Gasteiger partial charge in [-0.3, -0.25) is 19.8 Å². The Hall–Kier alpha value is -1.55. The van der Waals surface area contributed by atoms with Gasteiger partial charge >= 0.3 is 0 Å². The van der Waals surface area contributed by atoms with Gasteiger partial charge in [0.1, 0.15) is 11.3 Å². The van der Waals surface area contributed by atoms with Crippen LogP contribution in [0.2, 0.25) is 0 Å². The van der Waals surface area contributed by atoms with Crippen molar-refractivity contribution in [2.75, 3.05) is 12.0 Å². The first-order valence-corrected chi connectivity index (χ1v) is 10.3. The standard InChI is InChI=1S/C18H11Br3N2O3S/c1-26-15-13(20)6-9(7-14(15)21)5-12-16(24)22-18(27)23(17(12)25)11-4-2-3-10(19)8-11/h2-8H,1H3,(H,22,24,27)/b12-5+. The topological polar surface area (TPSA) is 58.6 Å². The van der Waals surface area contributed by atoms with Crippen molar-refractivity contribution >= 4 is 88.7 Å². The van der Waals surface area contributed by atoms with Crippen molar-refractivity contribution in [1.29, 1.82) is 0 Å². The van der Waals surface area contributed by atoms with E-state index in [1.54, 1.807) is 37.4 Å². The van der Waals surface area contributed by atoms with E-state index in [4.69, 9.17) is 17.0 Å². The van der Waals surface area contributed by atoms with E-state index in [2.05, 4.69) is 53.1 Å². The molecule has 0 aromatic heterocycles. The number of amides is 2. The highest BCUT2D eigenvalue weighted by atomic mass is 79.9. The van der Waals surface area contributed by atoms with Gasteiger partial charge in [-0.2, -0.15) is 0 Å². The zero-order valence-electron chi connectivity index (χ0n) is 13.8. The monoisotopic (exact) mass is 572 g/mol. The molecular weight excluding hydrogens is 564 g/mol. The highest BCUT2D eigenvalue weighted by Gasteiger charge is 2.34. The number of nitrogens with one attached hydrogen (secondary N) is 1. The van der Waals surface area contributed by atoms with Crippen LogP contribution in [0.5, 0.6) is 5.75 Å². The fourth-order valence-electron chi connectivity index (χ4n) is 2.53. The highest BCUT2D eigenvalue weighted by Crippen LogP contribution is 2.35. The van der Waals surface area contributed by atoms with Crippen LogP contribution in [-0.2, 0) is 9.59 Å². The van der Waals surface area contributed by atoms with Crippen molar-refractivity contribution in [1.82, 2.24) is 5.32 Å². The maximum atomic E-state index is 13.0. The number of halogens is 3. The van der Waals surface area contributed by atoms with Crippen LogP contribution in [0.15, 0.2) is 55.4 Å². The van der Waals surface area contributed by atoms with Gasteiger partial charge in [-0.15, -0.1) is 0 Å². The fourth-order valence-corrected chi connectivity index (χ4v) is 4.75. The number of carbonyl (C=O) groups is 2. The van der Waals surface area contributed by atoms with Crippen LogP contribution in [0.4, 0.5) is 5.69 Å². The summed E-state index contributed by atoms with van der Waals surface area (Å²) in [5.74, 6) is -0.419. The van der Waals surface area contributed by atoms with E-state index in [1.165, 1.54) is 11.0 Å². The van der Waals surface area contributed by atoms with Crippen molar-refractivity contribution in [3.05, 3.63) is 61.0 Å². The SMILES string of the molecule is COc1c(Br)cc(/C=C2\C(=O)NC(=S)N(c3cccc(Br)c3)C2=O)cc1Br. The molecule has 9 heteroatoms. The third kappa shape index (κ3) is 4.16. The Bertz CT molecular complexity index is 984. The number of hydrogen-bond donors (Lipinski definition) is 1. The number of thiocarbonyl (C=S) groups is 1. The van der Waals surface area contributed by atoms with Crippen LogP contribution >= 0.6 is 60.0 Å². The average molecular weight is 575 g/mol. The second-order valence-electron chi connectivity index (χ2n) is 5.46. The molecule has 1 heterocycles. The molecule has 3 rings (SSSR count). The molecule has 1 fully saturated rings. The number of carbonyl (C=O) groups excluding carboxylic acids is 2. The largest absolute Gasteiger partial charge is 0.494 e. The third-order valence-electron chi connectivity index (χ3n) is 3.70. The Morgan fingerprint density at radius 2 is 1.78 bits per heavy atom. The van der Waals surface area contributed by atoms with Crippen molar-refractivity contribution in [2.45, 2.75) is 0 Å². The van der Waals surface area contributed by atoms with Crippen LogP contribution in [0, 0.1) is 0 Å². The van der Waals surface area contributed by atoms with Crippen LogP contribution in [-0.4, -0.2) is 24.0 Å². The predicted molar refractivity (Wildman–Crippen MR) is 119 cm³/mol. The molecule has 0 spiro atoms. The maximum absolute atomic E-state index is 13.0. The van der Waals surface area contributed by atoms with Gasteiger partial charge in [-0.25, -0.2) is 0 Å². The molecule has 27 heavy (non-hydrogen) atoms. The summed E-state index contributed by atoms with van der Waals surface area (Å²) in [5, 5.41) is 2.60. The number of methoxy groups -OCH3 is 1. The maximum Gasteiger partial charge on any atom is 0.270 e. The van der Waals surface area contributed by atoms with Gasteiger partial charge in [-0.1, -0.05) is 22.0 Å². The van der Waals surface area contributed by atoms with Crippen molar-refractivity contribution in [3.63, 3.8) is 0 Å². The molecule has 5 nitrogen and oxygen atoms in total. The lowest BCUT2D eigenvalue weighted by atomic mass is 10.1. The molecule has 0 unspecified atom stereocenters. The average Bonchev–Trinajstić information content (AvgIpc) is 2.58.